The number of fused-ring (bicyclic) bond motifs is 1. The molecule has 0 bridgehead atoms. The molecule has 9 heteroatoms. The van der Waals surface area contributed by atoms with Crippen molar-refractivity contribution >= 4 is 21.8 Å². The van der Waals surface area contributed by atoms with Gasteiger partial charge in [0, 0.05) is 11.6 Å². The van der Waals surface area contributed by atoms with Crippen molar-refractivity contribution < 1.29 is 27.8 Å². The number of amides is 1. The maximum absolute atomic E-state index is 11.3. The molecule has 1 aliphatic rings. The van der Waals surface area contributed by atoms with Crippen molar-refractivity contribution in [2.24, 2.45) is 5.73 Å². The first-order valence-corrected chi connectivity index (χ1v) is 8.33. The number of ether oxygens (including phenoxy) is 2. The smallest absolute Gasteiger partial charge is 0.405 e. The number of anilines is 1. The molecule has 0 unspecified atom stereocenters. The van der Waals surface area contributed by atoms with Crippen LogP contribution in [0.15, 0.2) is 18.2 Å². The molecular weight excluding hydrogens is 312 g/mol. The summed E-state index contributed by atoms with van der Waals surface area (Å²) in [6.07, 6.45) is -2.12. The fourth-order valence-electron chi connectivity index (χ4n) is 2.27. The Bertz CT molecular complexity index is 700. The van der Waals surface area contributed by atoms with Gasteiger partial charge in [0.25, 0.3) is 0 Å². The lowest BCUT2D eigenvalue weighted by atomic mass is 9.88. The van der Waals surface area contributed by atoms with Crippen LogP contribution in [0.2, 0.25) is 0 Å². The predicted molar refractivity (Wildman–Crippen MR) is 79.0 cm³/mol. The number of carbonyl (C=O) groups excluding carboxylic acids is 1. The van der Waals surface area contributed by atoms with Gasteiger partial charge >= 0.3 is 6.09 Å². The van der Waals surface area contributed by atoms with Gasteiger partial charge in [-0.3, -0.25) is 4.72 Å². The van der Waals surface area contributed by atoms with Crippen LogP contribution in [-0.4, -0.2) is 37.6 Å². The Kier molecular flexibility index (Phi) is 3.96. The Morgan fingerprint density at radius 2 is 2.09 bits per heavy atom. The van der Waals surface area contributed by atoms with Gasteiger partial charge in [-0.25, -0.2) is 13.2 Å². The molecular formula is C13H18N2O6S. The molecule has 0 saturated carbocycles. The van der Waals surface area contributed by atoms with Crippen LogP contribution >= 0.6 is 0 Å². The third-order valence-corrected chi connectivity index (χ3v) is 3.85. The third kappa shape index (κ3) is 3.42. The van der Waals surface area contributed by atoms with Gasteiger partial charge in [-0.1, -0.05) is 0 Å². The first-order chi connectivity index (χ1) is 9.99. The maximum atomic E-state index is 11.3. The third-order valence-electron chi connectivity index (χ3n) is 3.24. The molecule has 1 aromatic carbocycles. The van der Waals surface area contributed by atoms with Gasteiger partial charge in [-0.05, 0) is 26.0 Å². The summed E-state index contributed by atoms with van der Waals surface area (Å²) in [5, 5.41) is 10.3. The molecule has 0 fully saturated rings. The standard InChI is InChI=1S/C13H18N2O6S/c1-13(2)11(16)10(20-12(14)17)8-5-4-7(6-9(8)21-13)15-22(3,18)19/h4-6,10-11,15-16H,1-3H3,(H2,14,17)/t10-,11+/m0/s1. The Balaban J connectivity index is 2.45. The zero-order valence-electron chi connectivity index (χ0n) is 12.4. The summed E-state index contributed by atoms with van der Waals surface area (Å²) >= 11 is 0. The van der Waals surface area contributed by atoms with Crippen LogP contribution in [-0.2, 0) is 14.8 Å². The molecule has 2 atom stereocenters. The number of aliphatic hydroxyl groups is 1. The van der Waals surface area contributed by atoms with Crippen LogP contribution in [0.1, 0.15) is 25.5 Å². The number of nitrogens with two attached hydrogens (primary N) is 1. The highest BCUT2D eigenvalue weighted by molar-refractivity contribution is 7.92. The quantitative estimate of drug-likeness (QED) is 0.749. The van der Waals surface area contributed by atoms with Crippen molar-refractivity contribution in [2.45, 2.75) is 31.7 Å². The number of hydrogen-bond acceptors (Lipinski definition) is 6. The minimum Gasteiger partial charge on any atom is -0.484 e. The largest absolute Gasteiger partial charge is 0.484 e. The molecule has 122 valence electrons. The average molecular weight is 330 g/mol. The molecule has 0 aliphatic carbocycles. The predicted octanol–water partition coefficient (Wildman–Crippen LogP) is 0.726. The van der Waals surface area contributed by atoms with Gasteiger partial charge in [0.15, 0.2) is 6.10 Å². The molecule has 2 rings (SSSR count). The molecule has 22 heavy (non-hydrogen) atoms. The van der Waals surface area contributed by atoms with Gasteiger partial charge < -0.3 is 20.3 Å². The van der Waals surface area contributed by atoms with Gasteiger partial charge in [0.2, 0.25) is 10.0 Å². The summed E-state index contributed by atoms with van der Waals surface area (Å²) in [6.45, 7) is 3.24. The Morgan fingerprint density at radius 3 is 2.64 bits per heavy atom. The highest BCUT2D eigenvalue weighted by Crippen LogP contribution is 2.42. The first-order valence-electron chi connectivity index (χ1n) is 6.44. The van der Waals surface area contributed by atoms with E-state index in [-0.39, 0.29) is 0 Å². The Labute approximate surface area is 128 Å². The van der Waals surface area contributed by atoms with E-state index in [1.807, 2.05) is 0 Å². The summed E-state index contributed by atoms with van der Waals surface area (Å²) in [5.41, 5.74) is 4.70. The molecule has 0 radical (unpaired) electrons. The minimum absolute atomic E-state index is 0.297. The summed E-state index contributed by atoms with van der Waals surface area (Å²) in [7, 11) is -3.44. The normalized spacial score (nSPS) is 23.1. The fraction of sp³-hybridized carbons (Fsp3) is 0.462. The SMILES string of the molecule is CC1(C)Oc2cc(NS(C)(=O)=O)ccc2[C@H](OC(N)=O)[C@H]1O. The fourth-order valence-corrected chi connectivity index (χ4v) is 2.82. The van der Waals surface area contributed by atoms with E-state index in [1.165, 1.54) is 18.2 Å². The average Bonchev–Trinajstić information content (AvgIpc) is 2.32. The molecule has 0 saturated heterocycles. The number of sulfonamides is 1. The van der Waals surface area contributed by atoms with E-state index in [9.17, 15) is 18.3 Å². The number of nitrogens with one attached hydrogen (secondary N) is 1. The first kappa shape index (κ1) is 16.4. The number of benzene rings is 1. The monoisotopic (exact) mass is 330 g/mol. The second-order valence-corrected chi connectivity index (χ2v) is 7.38. The van der Waals surface area contributed by atoms with Crippen molar-refractivity contribution in [3.05, 3.63) is 23.8 Å². The maximum Gasteiger partial charge on any atom is 0.405 e. The van der Waals surface area contributed by atoms with Crippen molar-refractivity contribution in [2.75, 3.05) is 11.0 Å². The van der Waals surface area contributed by atoms with Crippen LogP contribution in [0, 0.1) is 0 Å². The van der Waals surface area contributed by atoms with E-state index in [2.05, 4.69) is 4.72 Å². The van der Waals surface area contributed by atoms with E-state index in [0.29, 0.717) is 17.0 Å². The Morgan fingerprint density at radius 1 is 1.45 bits per heavy atom. The number of primary amides is 1. The molecule has 1 heterocycles. The molecule has 1 aromatic rings. The van der Waals surface area contributed by atoms with Crippen molar-refractivity contribution in [1.29, 1.82) is 0 Å². The molecule has 8 nitrogen and oxygen atoms in total. The molecule has 0 spiro atoms. The number of carbonyl (C=O) groups is 1. The van der Waals surface area contributed by atoms with Gasteiger partial charge in [0.1, 0.15) is 17.5 Å². The van der Waals surface area contributed by atoms with Gasteiger partial charge in [0.05, 0.1) is 11.9 Å². The number of rotatable bonds is 3. The molecule has 1 aliphatic heterocycles. The van der Waals surface area contributed by atoms with E-state index >= 15 is 0 Å². The lowest BCUT2D eigenvalue weighted by Gasteiger charge is -2.41. The van der Waals surface area contributed by atoms with E-state index in [0.717, 1.165) is 6.26 Å². The van der Waals surface area contributed by atoms with Crippen LogP contribution in [0.3, 0.4) is 0 Å². The van der Waals surface area contributed by atoms with Crippen LogP contribution in [0.5, 0.6) is 5.75 Å². The van der Waals surface area contributed by atoms with E-state index in [4.69, 9.17) is 15.2 Å². The van der Waals surface area contributed by atoms with Crippen LogP contribution in [0.4, 0.5) is 10.5 Å². The molecule has 4 N–H and O–H groups in total. The second kappa shape index (κ2) is 5.33. The highest BCUT2D eigenvalue weighted by Gasteiger charge is 2.45. The zero-order chi connectivity index (χ0) is 16.7. The summed E-state index contributed by atoms with van der Waals surface area (Å²) in [6, 6.07) is 4.45. The lowest BCUT2D eigenvalue weighted by Crippen LogP contribution is -2.50. The lowest BCUT2D eigenvalue weighted by molar-refractivity contribution is -0.112. The van der Waals surface area contributed by atoms with E-state index in [1.54, 1.807) is 13.8 Å². The van der Waals surface area contributed by atoms with Crippen molar-refractivity contribution in [3.8, 4) is 5.75 Å². The molecule has 1 amide bonds. The second-order valence-electron chi connectivity index (χ2n) is 5.63. The Hall–Kier alpha value is -2.00. The van der Waals surface area contributed by atoms with Gasteiger partial charge in [-0.2, -0.15) is 0 Å². The summed E-state index contributed by atoms with van der Waals surface area (Å²) < 4.78 is 35.5. The molecule has 0 aromatic heterocycles. The van der Waals surface area contributed by atoms with Crippen molar-refractivity contribution in [1.82, 2.24) is 0 Å². The van der Waals surface area contributed by atoms with E-state index < -0.39 is 33.9 Å². The zero-order valence-corrected chi connectivity index (χ0v) is 13.2. The van der Waals surface area contributed by atoms with Crippen LogP contribution in [0.25, 0.3) is 0 Å². The minimum atomic E-state index is -3.44. The van der Waals surface area contributed by atoms with Gasteiger partial charge in [-0.15, -0.1) is 0 Å². The summed E-state index contributed by atoms with van der Waals surface area (Å²) in [4.78, 5) is 11.0. The van der Waals surface area contributed by atoms with Crippen LogP contribution < -0.4 is 15.2 Å². The highest BCUT2D eigenvalue weighted by atomic mass is 32.2. The van der Waals surface area contributed by atoms with Crippen molar-refractivity contribution in [3.63, 3.8) is 0 Å². The topological polar surface area (TPSA) is 128 Å². The number of aliphatic hydroxyl groups excluding tert-OH is 1. The number of hydrogen-bond donors (Lipinski definition) is 3. The summed E-state index contributed by atoms with van der Waals surface area (Å²) in [5.74, 6) is 0.301.